The van der Waals surface area contributed by atoms with E-state index in [1.165, 1.54) is 16.4 Å². The van der Waals surface area contributed by atoms with E-state index in [2.05, 4.69) is 5.32 Å². The van der Waals surface area contributed by atoms with Crippen LogP contribution in [0.5, 0.6) is 5.75 Å². The quantitative estimate of drug-likeness (QED) is 0.612. The molecule has 0 bridgehead atoms. The summed E-state index contributed by atoms with van der Waals surface area (Å²) in [5.74, 6) is 0.411. The number of para-hydroxylation sites is 1. The van der Waals surface area contributed by atoms with Crippen LogP contribution in [0.1, 0.15) is 28.4 Å². The van der Waals surface area contributed by atoms with E-state index in [1.807, 2.05) is 55.5 Å². The first-order valence-electron chi connectivity index (χ1n) is 10.2. The second-order valence-corrected chi connectivity index (χ2v) is 9.11. The highest BCUT2D eigenvalue weighted by molar-refractivity contribution is 7.92. The molecule has 160 valence electrons. The van der Waals surface area contributed by atoms with Crippen LogP contribution in [0.25, 0.3) is 0 Å². The van der Waals surface area contributed by atoms with Crippen LogP contribution in [0.2, 0.25) is 0 Å². The van der Waals surface area contributed by atoms with Crippen molar-refractivity contribution in [3.63, 3.8) is 0 Å². The Kier molecular flexibility index (Phi) is 5.95. The van der Waals surface area contributed by atoms with E-state index >= 15 is 0 Å². The third kappa shape index (κ3) is 4.41. The number of ether oxygens (including phenoxy) is 1. The molecule has 0 saturated carbocycles. The normalized spacial score (nSPS) is 13.0. The SMILES string of the molecule is CCOc1cccc(CNC(=O)c2cccc(S(=O)(=O)N3CCc4ccccc43)c2)c1. The van der Waals surface area contributed by atoms with E-state index in [1.54, 1.807) is 12.1 Å². The summed E-state index contributed by atoms with van der Waals surface area (Å²) < 4.78 is 33.4. The van der Waals surface area contributed by atoms with Crippen molar-refractivity contribution in [1.82, 2.24) is 5.32 Å². The van der Waals surface area contributed by atoms with Gasteiger partial charge in [-0.3, -0.25) is 9.10 Å². The van der Waals surface area contributed by atoms with Crippen LogP contribution >= 0.6 is 0 Å². The van der Waals surface area contributed by atoms with Crippen LogP contribution in [-0.4, -0.2) is 27.5 Å². The average molecular weight is 437 g/mol. The summed E-state index contributed by atoms with van der Waals surface area (Å²) in [6.07, 6.45) is 0.677. The van der Waals surface area contributed by atoms with Gasteiger partial charge in [0, 0.05) is 18.7 Å². The molecule has 0 spiro atoms. The van der Waals surface area contributed by atoms with Gasteiger partial charge in [-0.1, -0.05) is 36.4 Å². The summed E-state index contributed by atoms with van der Waals surface area (Å²) in [6, 6.07) is 21.2. The monoisotopic (exact) mass is 436 g/mol. The second kappa shape index (κ2) is 8.81. The van der Waals surface area contributed by atoms with E-state index in [-0.39, 0.29) is 10.8 Å². The number of carbonyl (C=O) groups is 1. The fraction of sp³-hybridized carbons (Fsp3) is 0.208. The molecule has 0 unspecified atom stereocenters. The zero-order valence-electron chi connectivity index (χ0n) is 17.2. The number of benzene rings is 3. The van der Waals surface area contributed by atoms with Crippen LogP contribution < -0.4 is 14.4 Å². The van der Waals surface area contributed by atoms with Crippen molar-refractivity contribution in [2.24, 2.45) is 0 Å². The van der Waals surface area contributed by atoms with Gasteiger partial charge in [0.1, 0.15) is 5.75 Å². The molecule has 0 fully saturated rings. The fourth-order valence-corrected chi connectivity index (χ4v) is 5.23. The van der Waals surface area contributed by atoms with Crippen molar-refractivity contribution in [2.45, 2.75) is 24.8 Å². The zero-order chi connectivity index (χ0) is 21.8. The van der Waals surface area contributed by atoms with Gasteiger partial charge in [-0.15, -0.1) is 0 Å². The van der Waals surface area contributed by atoms with Gasteiger partial charge in [0.25, 0.3) is 15.9 Å². The lowest BCUT2D eigenvalue weighted by molar-refractivity contribution is 0.0950. The minimum atomic E-state index is -3.75. The molecule has 4 rings (SSSR count). The number of nitrogens with one attached hydrogen (secondary N) is 1. The molecule has 0 aromatic heterocycles. The molecule has 6 nitrogen and oxygen atoms in total. The third-order valence-electron chi connectivity index (χ3n) is 5.19. The van der Waals surface area contributed by atoms with Gasteiger partial charge < -0.3 is 10.1 Å². The summed E-state index contributed by atoms with van der Waals surface area (Å²) in [7, 11) is -3.75. The molecule has 31 heavy (non-hydrogen) atoms. The van der Waals surface area contributed by atoms with Gasteiger partial charge >= 0.3 is 0 Å². The molecule has 3 aromatic rings. The first-order chi connectivity index (χ1) is 15.0. The van der Waals surface area contributed by atoms with Crippen molar-refractivity contribution >= 4 is 21.6 Å². The number of hydrogen-bond donors (Lipinski definition) is 1. The predicted octanol–water partition coefficient (Wildman–Crippen LogP) is 3.77. The molecule has 0 atom stereocenters. The standard InChI is InChI=1S/C24H24N2O4S/c1-2-30-21-10-5-7-18(15-21)17-25-24(27)20-9-6-11-22(16-20)31(28,29)26-14-13-19-8-3-4-12-23(19)26/h3-12,15-16H,2,13-14,17H2,1H3,(H,25,27). The molecule has 1 N–H and O–H groups in total. The predicted molar refractivity (Wildman–Crippen MR) is 120 cm³/mol. The summed E-state index contributed by atoms with van der Waals surface area (Å²) >= 11 is 0. The van der Waals surface area contributed by atoms with Crippen LogP contribution in [-0.2, 0) is 23.0 Å². The number of fused-ring (bicyclic) bond motifs is 1. The van der Waals surface area contributed by atoms with Crippen molar-refractivity contribution in [2.75, 3.05) is 17.5 Å². The molecule has 7 heteroatoms. The number of carbonyl (C=O) groups excluding carboxylic acids is 1. The maximum Gasteiger partial charge on any atom is 0.264 e. The Hall–Kier alpha value is -3.32. The van der Waals surface area contributed by atoms with Crippen LogP contribution in [0.4, 0.5) is 5.69 Å². The average Bonchev–Trinajstić information content (AvgIpc) is 3.23. The van der Waals surface area contributed by atoms with Gasteiger partial charge in [0.15, 0.2) is 0 Å². The van der Waals surface area contributed by atoms with Crippen molar-refractivity contribution in [1.29, 1.82) is 0 Å². The van der Waals surface area contributed by atoms with Crippen molar-refractivity contribution < 1.29 is 17.9 Å². The number of amides is 1. The molecule has 1 aliphatic rings. The van der Waals surface area contributed by atoms with Crippen LogP contribution in [0.3, 0.4) is 0 Å². The number of hydrogen-bond acceptors (Lipinski definition) is 4. The summed E-state index contributed by atoms with van der Waals surface area (Å²) in [5.41, 5.74) is 2.91. The van der Waals surface area contributed by atoms with Crippen LogP contribution in [0, 0.1) is 0 Å². The molecular weight excluding hydrogens is 412 g/mol. The fourth-order valence-electron chi connectivity index (χ4n) is 3.68. The highest BCUT2D eigenvalue weighted by atomic mass is 32.2. The maximum atomic E-state index is 13.2. The Morgan fingerprint density at radius 2 is 1.84 bits per heavy atom. The smallest absolute Gasteiger partial charge is 0.264 e. The molecule has 0 aliphatic carbocycles. The topological polar surface area (TPSA) is 75.7 Å². The Bertz CT molecular complexity index is 1210. The van der Waals surface area contributed by atoms with E-state index in [4.69, 9.17) is 4.74 Å². The van der Waals surface area contributed by atoms with Crippen LogP contribution in [0.15, 0.2) is 77.7 Å². The number of rotatable bonds is 7. The minimum absolute atomic E-state index is 0.107. The molecule has 0 radical (unpaired) electrons. The Balaban J connectivity index is 1.50. The molecule has 1 amide bonds. The third-order valence-corrected chi connectivity index (χ3v) is 7.00. The number of anilines is 1. The lowest BCUT2D eigenvalue weighted by Crippen LogP contribution is -2.29. The lowest BCUT2D eigenvalue weighted by atomic mass is 10.2. The minimum Gasteiger partial charge on any atom is -0.494 e. The highest BCUT2D eigenvalue weighted by Crippen LogP contribution is 2.32. The van der Waals surface area contributed by atoms with Gasteiger partial charge in [-0.05, 0) is 60.9 Å². The first kappa shape index (κ1) is 20.9. The first-order valence-corrected chi connectivity index (χ1v) is 11.6. The summed E-state index contributed by atoms with van der Waals surface area (Å²) in [4.78, 5) is 12.8. The molecular formula is C24H24N2O4S. The van der Waals surface area contributed by atoms with E-state index in [0.29, 0.717) is 37.4 Å². The second-order valence-electron chi connectivity index (χ2n) is 7.25. The van der Waals surface area contributed by atoms with Gasteiger partial charge in [0.2, 0.25) is 0 Å². The molecule has 0 saturated heterocycles. The summed E-state index contributed by atoms with van der Waals surface area (Å²) in [5, 5.41) is 2.85. The van der Waals surface area contributed by atoms with E-state index in [0.717, 1.165) is 16.9 Å². The van der Waals surface area contributed by atoms with Gasteiger partial charge in [-0.25, -0.2) is 8.42 Å². The zero-order valence-corrected chi connectivity index (χ0v) is 18.1. The molecule has 3 aromatic carbocycles. The van der Waals surface area contributed by atoms with Gasteiger partial charge in [0.05, 0.1) is 17.2 Å². The summed E-state index contributed by atoms with van der Waals surface area (Å²) in [6.45, 7) is 3.19. The Labute approximate surface area is 182 Å². The van der Waals surface area contributed by atoms with Gasteiger partial charge in [-0.2, -0.15) is 0 Å². The van der Waals surface area contributed by atoms with E-state index < -0.39 is 10.0 Å². The number of nitrogens with zero attached hydrogens (tertiary/aromatic N) is 1. The Morgan fingerprint density at radius 1 is 1.03 bits per heavy atom. The van der Waals surface area contributed by atoms with Crippen molar-refractivity contribution in [3.8, 4) is 5.75 Å². The maximum absolute atomic E-state index is 13.2. The van der Waals surface area contributed by atoms with Crippen molar-refractivity contribution in [3.05, 3.63) is 89.5 Å². The Morgan fingerprint density at radius 3 is 2.68 bits per heavy atom. The molecule has 1 heterocycles. The highest BCUT2D eigenvalue weighted by Gasteiger charge is 2.30. The lowest BCUT2D eigenvalue weighted by Gasteiger charge is -2.20. The molecule has 1 aliphatic heterocycles. The van der Waals surface area contributed by atoms with E-state index in [9.17, 15) is 13.2 Å². The largest absolute Gasteiger partial charge is 0.494 e. The number of sulfonamides is 1.